The molecule has 0 saturated carbocycles. The summed E-state index contributed by atoms with van der Waals surface area (Å²) in [5.41, 5.74) is 0.216. The molecule has 25 heavy (non-hydrogen) atoms. The van der Waals surface area contributed by atoms with E-state index in [0.29, 0.717) is 35.0 Å². The summed E-state index contributed by atoms with van der Waals surface area (Å²) in [6, 6.07) is 9.73. The van der Waals surface area contributed by atoms with Crippen molar-refractivity contribution in [2.75, 3.05) is 11.9 Å². The van der Waals surface area contributed by atoms with E-state index in [4.69, 9.17) is 0 Å². The van der Waals surface area contributed by atoms with Crippen LogP contribution in [-0.2, 0) is 16.8 Å². The Bertz CT molecular complexity index is 841. The molecule has 0 heterocycles. The molecule has 2 aromatic rings. The standard InChI is InChI=1S/C19H16F2N2O2/c1-19(11-22,12-25)17-4-3-13(10-24)7-18(17)23(2)9-14-5-15(20)8-16(21)6-14/h3-8,10,12H,9H2,1-2H3. The number of carbonyl (C=O) groups excluding carboxylic acids is 2. The Morgan fingerprint density at radius 1 is 1.16 bits per heavy atom. The van der Waals surface area contributed by atoms with Crippen molar-refractivity contribution < 1.29 is 18.4 Å². The molecule has 0 amide bonds. The number of hydrogen-bond acceptors (Lipinski definition) is 4. The van der Waals surface area contributed by atoms with Gasteiger partial charge in [0.05, 0.1) is 6.07 Å². The molecule has 6 heteroatoms. The minimum Gasteiger partial charge on any atom is -0.370 e. The van der Waals surface area contributed by atoms with Crippen LogP contribution in [0.3, 0.4) is 0 Å². The molecule has 0 aliphatic heterocycles. The summed E-state index contributed by atoms with van der Waals surface area (Å²) in [7, 11) is 1.65. The molecular formula is C19H16F2N2O2. The molecule has 0 aromatic heterocycles. The lowest BCUT2D eigenvalue weighted by Gasteiger charge is -2.27. The van der Waals surface area contributed by atoms with E-state index in [9.17, 15) is 23.6 Å². The fraction of sp³-hybridized carbons (Fsp3) is 0.211. The number of benzene rings is 2. The van der Waals surface area contributed by atoms with Crippen molar-refractivity contribution in [2.45, 2.75) is 18.9 Å². The van der Waals surface area contributed by atoms with Crippen molar-refractivity contribution in [3.63, 3.8) is 0 Å². The molecule has 0 saturated heterocycles. The molecule has 0 radical (unpaired) electrons. The maximum atomic E-state index is 13.4. The smallest absolute Gasteiger partial charge is 0.150 e. The third-order valence-electron chi connectivity index (χ3n) is 3.94. The zero-order chi connectivity index (χ0) is 18.6. The second kappa shape index (κ2) is 7.22. The first-order valence-corrected chi connectivity index (χ1v) is 7.46. The fourth-order valence-corrected chi connectivity index (χ4v) is 2.59. The molecule has 0 N–H and O–H groups in total. The lowest BCUT2D eigenvalue weighted by molar-refractivity contribution is -0.110. The summed E-state index contributed by atoms with van der Waals surface area (Å²) < 4.78 is 26.8. The molecule has 0 bridgehead atoms. The van der Waals surface area contributed by atoms with Crippen LogP contribution in [0.2, 0.25) is 0 Å². The second-order valence-electron chi connectivity index (χ2n) is 5.96. The van der Waals surface area contributed by atoms with Crippen LogP contribution >= 0.6 is 0 Å². The van der Waals surface area contributed by atoms with E-state index < -0.39 is 17.0 Å². The largest absolute Gasteiger partial charge is 0.370 e. The average Bonchev–Trinajstić information content (AvgIpc) is 2.59. The van der Waals surface area contributed by atoms with E-state index in [-0.39, 0.29) is 6.54 Å². The lowest BCUT2D eigenvalue weighted by Crippen LogP contribution is -2.27. The van der Waals surface area contributed by atoms with Gasteiger partial charge in [0, 0.05) is 36.5 Å². The van der Waals surface area contributed by atoms with Gasteiger partial charge < -0.3 is 9.69 Å². The molecule has 2 rings (SSSR count). The van der Waals surface area contributed by atoms with Gasteiger partial charge in [-0.25, -0.2) is 8.78 Å². The highest BCUT2D eigenvalue weighted by atomic mass is 19.1. The van der Waals surface area contributed by atoms with Crippen LogP contribution in [0.4, 0.5) is 14.5 Å². The maximum absolute atomic E-state index is 13.4. The number of nitriles is 1. The van der Waals surface area contributed by atoms with Crippen LogP contribution in [0.1, 0.15) is 28.4 Å². The van der Waals surface area contributed by atoms with E-state index in [1.165, 1.54) is 31.2 Å². The summed E-state index contributed by atoms with van der Waals surface area (Å²) >= 11 is 0. The molecule has 4 nitrogen and oxygen atoms in total. The Morgan fingerprint density at radius 3 is 2.32 bits per heavy atom. The molecule has 0 spiro atoms. The molecule has 1 unspecified atom stereocenters. The van der Waals surface area contributed by atoms with Crippen LogP contribution in [0.15, 0.2) is 36.4 Å². The van der Waals surface area contributed by atoms with E-state index in [1.807, 2.05) is 6.07 Å². The minimum absolute atomic E-state index is 0.129. The highest BCUT2D eigenvalue weighted by molar-refractivity contribution is 5.82. The first-order chi connectivity index (χ1) is 11.8. The number of aldehydes is 2. The maximum Gasteiger partial charge on any atom is 0.150 e. The normalized spacial score (nSPS) is 12.8. The highest BCUT2D eigenvalue weighted by Crippen LogP contribution is 2.32. The predicted octanol–water partition coefficient (Wildman–Crippen LogP) is 3.39. The van der Waals surface area contributed by atoms with Crippen LogP contribution in [-0.4, -0.2) is 19.6 Å². The fourth-order valence-electron chi connectivity index (χ4n) is 2.59. The van der Waals surface area contributed by atoms with E-state index >= 15 is 0 Å². The van der Waals surface area contributed by atoms with Gasteiger partial charge in [-0.2, -0.15) is 5.26 Å². The first kappa shape index (κ1) is 18.3. The highest BCUT2D eigenvalue weighted by Gasteiger charge is 2.30. The number of rotatable bonds is 6. The zero-order valence-corrected chi connectivity index (χ0v) is 13.8. The number of halogens is 2. The first-order valence-electron chi connectivity index (χ1n) is 7.46. The SMILES string of the molecule is CN(Cc1cc(F)cc(F)c1)c1cc(C=O)ccc1C(C)(C#N)C=O. The van der Waals surface area contributed by atoms with Crippen molar-refractivity contribution in [3.05, 3.63) is 64.7 Å². The summed E-state index contributed by atoms with van der Waals surface area (Å²) in [5, 5.41) is 9.37. The number of nitrogens with zero attached hydrogens (tertiary/aromatic N) is 2. The Hall–Kier alpha value is -3.07. The molecule has 2 aromatic carbocycles. The van der Waals surface area contributed by atoms with Crippen molar-refractivity contribution >= 4 is 18.3 Å². The Labute approximate surface area is 144 Å². The topological polar surface area (TPSA) is 61.2 Å². The number of anilines is 1. The van der Waals surface area contributed by atoms with Gasteiger partial charge in [0.2, 0.25) is 0 Å². The average molecular weight is 342 g/mol. The third-order valence-corrected chi connectivity index (χ3v) is 3.94. The molecular weight excluding hydrogens is 326 g/mol. The van der Waals surface area contributed by atoms with E-state index in [0.717, 1.165) is 6.07 Å². The van der Waals surface area contributed by atoms with Gasteiger partial charge in [0.25, 0.3) is 0 Å². The van der Waals surface area contributed by atoms with Crippen molar-refractivity contribution in [2.24, 2.45) is 0 Å². The van der Waals surface area contributed by atoms with Crippen molar-refractivity contribution in [1.82, 2.24) is 0 Å². The van der Waals surface area contributed by atoms with Gasteiger partial charge in [-0.1, -0.05) is 12.1 Å². The summed E-state index contributed by atoms with van der Waals surface area (Å²) in [4.78, 5) is 24.1. The van der Waals surface area contributed by atoms with Gasteiger partial charge in [-0.3, -0.25) is 4.79 Å². The second-order valence-corrected chi connectivity index (χ2v) is 5.96. The van der Waals surface area contributed by atoms with Gasteiger partial charge in [0.15, 0.2) is 0 Å². The van der Waals surface area contributed by atoms with Gasteiger partial charge in [0.1, 0.15) is 29.6 Å². The minimum atomic E-state index is -1.40. The van der Waals surface area contributed by atoms with Crippen molar-refractivity contribution in [3.8, 4) is 6.07 Å². The molecule has 128 valence electrons. The molecule has 1 atom stereocenters. The predicted molar refractivity (Wildman–Crippen MR) is 89.3 cm³/mol. The summed E-state index contributed by atoms with van der Waals surface area (Å²) in [6.45, 7) is 1.60. The summed E-state index contributed by atoms with van der Waals surface area (Å²) in [5.74, 6) is -1.39. The molecule has 0 aliphatic rings. The van der Waals surface area contributed by atoms with E-state index in [1.54, 1.807) is 18.0 Å². The van der Waals surface area contributed by atoms with Crippen LogP contribution in [0.5, 0.6) is 0 Å². The van der Waals surface area contributed by atoms with E-state index in [2.05, 4.69) is 0 Å². The zero-order valence-electron chi connectivity index (χ0n) is 13.8. The monoisotopic (exact) mass is 342 g/mol. The Balaban J connectivity index is 2.50. The number of hydrogen-bond donors (Lipinski definition) is 0. The summed E-state index contributed by atoms with van der Waals surface area (Å²) in [6.07, 6.45) is 1.18. The van der Waals surface area contributed by atoms with Gasteiger partial charge in [-0.05, 0) is 30.7 Å². The molecule has 0 aliphatic carbocycles. The van der Waals surface area contributed by atoms with Gasteiger partial charge >= 0.3 is 0 Å². The van der Waals surface area contributed by atoms with Gasteiger partial charge in [-0.15, -0.1) is 0 Å². The lowest BCUT2D eigenvalue weighted by atomic mass is 9.83. The van der Waals surface area contributed by atoms with Crippen LogP contribution in [0.25, 0.3) is 0 Å². The quantitative estimate of drug-likeness (QED) is 0.755. The molecule has 0 fully saturated rings. The van der Waals surface area contributed by atoms with Crippen molar-refractivity contribution in [1.29, 1.82) is 5.26 Å². The number of carbonyl (C=O) groups is 2. The Morgan fingerprint density at radius 2 is 1.80 bits per heavy atom. The Kier molecular flexibility index (Phi) is 5.28. The van der Waals surface area contributed by atoms with Crippen LogP contribution in [0, 0.1) is 23.0 Å². The van der Waals surface area contributed by atoms with Crippen LogP contribution < -0.4 is 4.90 Å². The third kappa shape index (κ3) is 3.89.